The fourth-order valence-corrected chi connectivity index (χ4v) is 1.32. The van der Waals surface area contributed by atoms with Crippen molar-refractivity contribution in [2.75, 3.05) is 38.4 Å². The molecule has 4 N–H and O–H groups in total. The summed E-state index contributed by atoms with van der Waals surface area (Å²) in [6, 6.07) is 0. The molecule has 1 heterocycles. The van der Waals surface area contributed by atoms with Crippen LogP contribution in [-0.4, -0.2) is 48.5 Å². The van der Waals surface area contributed by atoms with E-state index in [0.29, 0.717) is 37.0 Å². The molecule has 0 spiro atoms. The van der Waals surface area contributed by atoms with E-state index in [2.05, 4.69) is 15.3 Å². The van der Waals surface area contributed by atoms with Crippen LogP contribution in [-0.2, 0) is 4.74 Å². The van der Waals surface area contributed by atoms with Crippen LogP contribution in [0.15, 0.2) is 6.33 Å². The molecule has 96 valence electrons. The molecule has 17 heavy (non-hydrogen) atoms. The Morgan fingerprint density at radius 3 is 2.88 bits per heavy atom. The predicted molar refractivity (Wildman–Crippen MR) is 64.0 cm³/mol. The topological polar surface area (TPSA) is 103 Å². The minimum absolute atomic E-state index is 0.310. The summed E-state index contributed by atoms with van der Waals surface area (Å²) >= 11 is 0. The zero-order valence-electron chi connectivity index (χ0n) is 10.0. The molecule has 1 unspecified atom stereocenters. The lowest BCUT2D eigenvalue weighted by Gasteiger charge is -2.12. The number of aliphatic hydroxyl groups excluding tert-OH is 1. The fraction of sp³-hybridized carbons (Fsp3) is 0.600. The van der Waals surface area contributed by atoms with E-state index in [0.717, 1.165) is 0 Å². The molecule has 0 saturated carbocycles. The van der Waals surface area contributed by atoms with E-state index >= 15 is 0 Å². The van der Waals surface area contributed by atoms with E-state index in [1.807, 2.05) is 0 Å². The highest BCUT2D eigenvalue weighted by Crippen LogP contribution is 2.23. The second-order valence-corrected chi connectivity index (χ2v) is 3.47. The zero-order chi connectivity index (χ0) is 12.7. The van der Waals surface area contributed by atoms with Gasteiger partial charge in [0.05, 0.1) is 19.8 Å². The largest absolute Gasteiger partial charge is 0.479 e. The summed E-state index contributed by atoms with van der Waals surface area (Å²) in [5.74, 6) is 0.835. The third-order valence-corrected chi connectivity index (χ3v) is 2.17. The van der Waals surface area contributed by atoms with Crippen LogP contribution in [0, 0.1) is 0 Å². The first kappa shape index (κ1) is 13.5. The first-order chi connectivity index (χ1) is 8.19. The molecule has 1 rings (SSSR count). The molecule has 0 radical (unpaired) electrons. The van der Waals surface area contributed by atoms with Crippen molar-refractivity contribution < 1.29 is 14.6 Å². The Balaban J connectivity index is 2.46. The van der Waals surface area contributed by atoms with Gasteiger partial charge < -0.3 is 25.6 Å². The van der Waals surface area contributed by atoms with Gasteiger partial charge in [-0.15, -0.1) is 0 Å². The average molecular weight is 242 g/mol. The van der Waals surface area contributed by atoms with Crippen molar-refractivity contribution >= 4 is 11.5 Å². The molecule has 0 aliphatic heterocycles. The van der Waals surface area contributed by atoms with Crippen molar-refractivity contribution in [3.8, 4) is 5.88 Å². The lowest BCUT2D eigenvalue weighted by atomic mass is 10.2. The Hall–Kier alpha value is -1.60. The number of hydrogen-bond acceptors (Lipinski definition) is 7. The van der Waals surface area contributed by atoms with Crippen LogP contribution in [0.1, 0.15) is 6.42 Å². The van der Waals surface area contributed by atoms with E-state index in [-0.39, 0.29) is 0 Å². The van der Waals surface area contributed by atoms with Crippen LogP contribution in [0.25, 0.3) is 0 Å². The number of nitrogens with one attached hydrogen (secondary N) is 1. The predicted octanol–water partition coefficient (Wildman–Crippen LogP) is -0.123. The Labute approximate surface area is 100.0 Å². The summed E-state index contributed by atoms with van der Waals surface area (Å²) in [6.07, 6.45) is 1.40. The highest BCUT2D eigenvalue weighted by Gasteiger charge is 2.08. The number of nitrogens with two attached hydrogens (primary N) is 1. The van der Waals surface area contributed by atoms with Gasteiger partial charge in [0.1, 0.15) is 12.0 Å². The quantitative estimate of drug-likeness (QED) is 0.612. The van der Waals surface area contributed by atoms with Crippen LogP contribution >= 0.6 is 0 Å². The number of aromatic nitrogens is 2. The van der Waals surface area contributed by atoms with Gasteiger partial charge in [-0.25, -0.2) is 4.98 Å². The minimum Gasteiger partial charge on any atom is -0.479 e. The highest BCUT2D eigenvalue weighted by atomic mass is 16.5. The number of rotatable bonds is 7. The van der Waals surface area contributed by atoms with Gasteiger partial charge in [-0.3, -0.25) is 0 Å². The molecule has 1 aromatic heterocycles. The first-order valence-corrected chi connectivity index (χ1v) is 5.24. The lowest BCUT2D eigenvalue weighted by Crippen LogP contribution is -2.19. The van der Waals surface area contributed by atoms with Crippen LogP contribution < -0.4 is 15.8 Å². The maximum atomic E-state index is 9.44. The van der Waals surface area contributed by atoms with Crippen molar-refractivity contribution in [3.63, 3.8) is 0 Å². The average Bonchev–Trinajstić information content (AvgIpc) is 2.32. The Morgan fingerprint density at radius 2 is 2.24 bits per heavy atom. The van der Waals surface area contributed by atoms with Gasteiger partial charge in [0.25, 0.3) is 0 Å². The van der Waals surface area contributed by atoms with Crippen molar-refractivity contribution in [2.24, 2.45) is 0 Å². The molecule has 1 atom stereocenters. The number of nitrogens with zero attached hydrogens (tertiary/aromatic N) is 2. The monoisotopic (exact) mass is 242 g/mol. The van der Waals surface area contributed by atoms with E-state index in [9.17, 15) is 5.11 Å². The van der Waals surface area contributed by atoms with Crippen LogP contribution in [0.2, 0.25) is 0 Å². The number of aliphatic hydroxyl groups is 1. The normalized spacial score (nSPS) is 12.2. The Kier molecular flexibility index (Phi) is 5.44. The number of hydrogen-bond donors (Lipinski definition) is 3. The standard InChI is InChI=1S/C10H18N4O3/c1-16-5-7(15)3-4-12-9-8(11)10(17-2)14-6-13-9/h6-7,15H,3-5,11H2,1-2H3,(H,12,13,14). The molecule has 1 aromatic rings. The maximum Gasteiger partial charge on any atom is 0.242 e. The molecule has 7 heteroatoms. The third-order valence-electron chi connectivity index (χ3n) is 2.17. The fourth-order valence-electron chi connectivity index (χ4n) is 1.32. The summed E-state index contributed by atoms with van der Waals surface area (Å²) in [5.41, 5.74) is 6.13. The summed E-state index contributed by atoms with van der Waals surface area (Å²) in [6.45, 7) is 0.846. The van der Waals surface area contributed by atoms with Crippen LogP contribution in [0.5, 0.6) is 5.88 Å². The molecule has 0 saturated heterocycles. The van der Waals surface area contributed by atoms with Gasteiger partial charge >= 0.3 is 0 Å². The molecular formula is C10H18N4O3. The highest BCUT2D eigenvalue weighted by molar-refractivity contribution is 5.66. The van der Waals surface area contributed by atoms with Crippen molar-refractivity contribution in [2.45, 2.75) is 12.5 Å². The summed E-state index contributed by atoms with van der Waals surface area (Å²) in [5, 5.41) is 12.4. The molecule has 0 aliphatic rings. The van der Waals surface area contributed by atoms with Crippen LogP contribution in [0.3, 0.4) is 0 Å². The second kappa shape index (κ2) is 6.87. The molecule has 7 nitrogen and oxygen atoms in total. The van der Waals surface area contributed by atoms with E-state index in [1.165, 1.54) is 13.4 Å². The Morgan fingerprint density at radius 1 is 1.47 bits per heavy atom. The van der Waals surface area contributed by atoms with Crippen LogP contribution in [0.4, 0.5) is 11.5 Å². The number of methoxy groups -OCH3 is 2. The number of ether oxygens (including phenoxy) is 2. The van der Waals surface area contributed by atoms with Gasteiger partial charge in [0, 0.05) is 13.7 Å². The van der Waals surface area contributed by atoms with Crippen molar-refractivity contribution in [1.29, 1.82) is 0 Å². The molecule has 0 aliphatic carbocycles. The van der Waals surface area contributed by atoms with Gasteiger partial charge in [-0.1, -0.05) is 0 Å². The van der Waals surface area contributed by atoms with E-state index in [4.69, 9.17) is 15.2 Å². The first-order valence-electron chi connectivity index (χ1n) is 5.24. The smallest absolute Gasteiger partial charge is 0.242 e. The molecule has 0 bridgehead atoms. The zero-order valence-corrected chi connectivity index (χ0v) is 10.0. The lowest BCUT2D eigenvalue weighted by molar-refractivity contribution is 0.0615. The molecular weight excluding hydrogens is 224 g/mol. The summed E-state index contributed by atoms with van der Waals surface area (Å²) < 4.78 is 9.78. The summed E-state index contributed by atoms with van der Waals surface area (Å²) in [7, 11) is 3.04. The molecule has 0 fully saturated rings. The molecule has 0 amide bonds. The third kappa shape index (κ3) is 4.04. The Bertz CT molecular complexity index is 348. The number of anilines is 2. The van der Waals surface area contributed by atoms with Gasteiger partial charge in [-0.2, -0.15) is 4.98 Å². The minimum atomic E-state index is -0.502. The summed E-state index contributed by atoms with van der Waals surface area (Å²) in [4.78, 5) is 7.85. The van der Waals surface area contributed by atoms with Gasteiger partial charge in [0.2, 0.25) is 5.88 Å². The maximum absolute atomic E-state index is 9.44. The van der Waals surface area contributed by atoms with E-state index < -0.39 is 6.10 Å². The molecule has 0 aromatic carbocycles. The van der Waals surface area contributed by atoms with Crippen molar-refractivity contribution in [1.82, 2.24) is 9.97 Å². The number of nitrogen functional groups attached to an aromatic ring is 1. The van der Waals surface area contributed by atoms with Gasteiger partial charge in [0.15, 0.2) is 5.82 Å². The SMILES string of the molecule is COCC(O)CCNc1ncnc(OC)c1N. The van der Waals surface area contributed by atoms with Crippen molar-refractivity contribution in [3.05, 3.63) is 6.33 Å². The van der Waals surface area contributed by atoms with E-state index in [1.54, 1.807) is 7.11 Å². The van der Waals surface area contributed by atoms with Gasteiger partial charge in [-0.05, 0) is 6.42 Å². The second-order valence-electron chi connectivity index (χ2n) is 3.47.